The molecule has 1 heterocycles. The molecule has 0 saturated carbocycles. The Morgan fingerprint density at radius 2 is 2.33 bits per heavy atom. The van der Waals surface area contributed by atoms with Gasteiger partial charge in [0.1, 0.15) is 5.01 Å². The summed E-state index contributed by atoms with van der Waals surface area (Å²) in [4.78, 5) is 16.6. The molecule has 5 heteroatoms. The lowest BCUT2D eigenvalue weighted by molar-refractivity contribution is -0.143. The molecule has 0 radical (unpaired) electrons. The van der Waals surface area contributed by atoms with Crippen LogP contribution in [0.4, 0.5) is 0 Å². The number of thiazole rings is 1. The highest BCUT2D eigenvalue weighted by Crippen LogP contribution is 2.24. The van der Waals surface area contributed by atoms with Crippen LogP contribution in [0, 0.1) is 25.2 Å². The highest BCUT2D eigenvalue weighted by atomic mass is 32.1. The lowest BCUT2D eigenvalue weighted by atomic mass is 10.2. The molecule has 0 N–H and O–H groups in total. The van der Waals surface area contributed by atoms with Gasteiger partial charge in [-0.1, -0.05) is 0 Å². The molecule has 1 aromatic rings. The molecule has 4 nitrogen and oxygen atoms in total. The molecule has 0 aliphatic rings. The van der Waals surface area contributed by atoms with Gasteiger partial charge in [0.15, 0.2) is 5.92 Å². The lowest BCUT2D eigenvalue weighted by Crippen LogP contribution is -2.14. The summed E-state index contributed by atoms with van der Waals surface area (Å²) < 4.78 is 4.80. The van der Waals surface area contributed by atoms with Crippen molar-refractivity contribution in [3.8, 4) is 6.07 Å². The zero-order valence-electron chi connectivity index (χ0n) is 8.90. The van der Waals surface area contributed by atoms with E-state index in [1.54, 1.807) is 6.92 Å². The Morgan fingerprint density at radius 1 is 1.67 bits per heavy atom. The third-order valence-corrected chi connectivity index (χ3v) is 3.08. The largest absolute Gasteiger partial charge is 0.465 e. The van der Waals surface area contributed by atoms with Gasteiger partial charge in [-0.25, -0.2) is 4.98 Å². The quantitative estimate of drug-likeness (QED) is 0.736. The number of esters is 1. The number of aromatic nitrogens is 1. The van der Waals surface area contributed by atoms with Gasteiger partial charge in [0.05, 0.1) is 18.4 Å². The molecule has 0 spiro atoms. The maximum atomic E-state index is 11.4. The van der Waals surface area contributed by atoms with Gasteiger partial charge in [-0.2, -0.15) is 5.26 Å². The predicted octanol–water partition coefficient (Wildman–Crippen LogP) is 1.93. The third-order valence-electron chi connectivity index (χ3n) is 1.94. The van der Waals surface area contributed by atoms with E-state index in [0.29, 0.717) is 5.01 Å². The number of ether oxygens (including phenoxy) is 1. The van der Waals surface area contributed by atoms with Gasteiger partial charge in [-0.15, -0.1) is 11.3 Å². The Hall–Kier alpha value is -1.41. The zero-order valence-corrected chi connectivity index (χ0v) is 9.72. The van der Waals surface area contributed by atoms with E-state index in [4.69, 9.17) is 10.00 Å². The van der Waals surface area contributed by atoms with Gasteiger partial charge in [0, 0.05) is 4.88 Å². The molecule has 0 bridgehead atoms. The van der Waals surface area contributed by atoms with Crippen molar-refractivity contribution in [1.82, 2.24) is 4.98 Å². The van der Waals surface area contributed by atoms with Gasteiger partial charge >= 0.3 is 5.97 Å². The number of carbonyl (C=O) groups excluding carboxylic acids is 1. The Bertz CT molecular complexity index is 387. The molecular weight excluding hydrogens is 212 g/mol. The zero-order chi connectivity index (χ0) is 11.4. The molecule has 1 rings (SSSR count). The fraction of sp³-hybridized carbons (Fsp3) is 0.500. The van der Waals surface area contributed by atoms with Crippen molar-refractivity contribution in [3.63, 3.8) is 0 Å². The second-order valence-electron chi connectivity index (χ2n) is 3.01. The van der Waals surface area contributed by atoms with Crippen LogP contribution >= 0.6 is 11.3 Å². The Balaban J connectivity index is 2.93. The summed E-state index contributed by atoms with van der Waals surface area (Å²) in [5, 5.41) is 9.41. The number of aryl methyl sites for hydroxylation is 2. The van der Waals surface area contributed by atoms with Crippen LogP contribution in [-0.2, 0) is 9.53 Å². The minimum absolute atomic E-state index is 0.278. The summed E-state index contributed by atoms with van der Waals surface area (Å²) in [7, 11) is 0. The Morgan fingerprint density at radius 3 is 2.73 bits per heavy atom. The monoisotopic (exact) mass is 224 g/mol. The third kappa shape index (κ3) is 2.54. The van der Waals surface area contributed by atoms with Crippen molar-refractivity contribution >= 4 is 17.3 Å². The number of hydrogen-bond acceptors (Lipinski definition) is 5. The first-order valence-electron chi connectivity index (χ1n) is 4.60. The van der Waals surface area contributed by atoms with Gasteiger partial charge in [-0.3, -0.25) is 4.79 Å². The summed E-state index contributed by atoms with van der Waals surface area (Å²) in [6.45, 7) is 5.76. The number of carbonyl (C=O) groups is 1. The SMILES string of the molecule is CCOC(=O)C(C#N)c1nc(C)c(C)s1. The summed E-state index contributed by atoms with van der Waals surface area (Å²) in [6.07, 6.45) is 0. The molecule has 0 amide bonds. The van der Waals surface area contributed by atoms with Crippen molar-refractivity contribution in [2.75, 3.05) is 6.61 Å². The van der Waals surface area contributed by atoms with Crippen LogP contribution in [0.2, 0.25) is 0 Å². The summed E-state index contributed by atoms with van der Waals surface area (Å²) in [5.74, 6) is -1.41. The molecule has 1 unspecified atom stereocenters. The first kappa shape index (κ1) is 11.7. The summed E-state index contributed by atoms with van der Waals surface area (Å²) in [6, 6.07) is 1.92. The van der Waals surface area contributed by atoms with E-state index in [1.807, 2.05) is 19.9 Å². The predicted molar refractivity (Wildman–Crippen MR) is 56.6 cm³/mol. The van der Waals surface area contributed by atoms with Crippen LogP contribution < -0.4 is 0 Å². The van der Waals surface area contributed by atoms with Crippen LogP contribution in [-0.4, -0.2) is 17.6 Å². The average Bonchev–Trinajstić information content (AvgIpc) is 2.48. The van der Waals surface area contributed by atoms with E-state index >= 15 is 0 Å². The van der Waals surface area contributed by atoms with E-state index < -0.39 is 11.9 Å². The number of hydrogen-bond donors (Lipinski definition) is 0. The molecule has 1 aromatic heterocycles. The molecule has 15 heavy (non-hydrogen) atoms. The van der Waals surface area contributed by atoms with Crippen molar-refractivity contribution in [1.29, 1.82) is 5.26 Å². The molecule has 80 valence electrons. The van der Waals surface area contributed by atoms with Crippen LogP contribution in [0.25, 0.3) is 0 Å². The van der Waals surface area contributed by atoms with Gasteiger partial charge in [0.25, 0.3) is 0 Å². The van der Waals surface area contributed by atoms with Crippen LogP contribution in [0.1, 0.15) is 28.4 Å². The summed E-state index contributed by atoms with van der Waals surface area (Å²) >= 11 is 1.37. The fourth-order valence-corrected chi connectivity index (χ4v) is 2.01. The minimum atomic E-state index is -0.887. The molecule has 0 aliphatic heterocycles. The summed E-state index contributed by atoms with van der Waals surface area (Å²) in [5.41, 5.74) is 0.861. The number of nitriles is 1. The molecule has 0 aliphatic carbocycles. The van der Waals surface area contributed by atoms with Crippen molar-refractivity contribution in [2.24, 2.45) is 0 Å². The molecular formula is C10H12N2O2S. The van der Waals surface area contributed by atoms with Crippen molar-refractivity contribution in [3.05, 3.63) is 15.6 Å². The Kier molecular flexibility index (Phi) is 3.81. The van der Waals surface area contributed by atoms with E-state index in [0.717, 1.165) is 10.6 Å². The topological polar surface area (TPSA) is 63.0 Å². The molecule has 0 fully saturated rings. The molecule has 0 saturated heterocycles. The van der Waals surface area contributed by atoms with Gasteiger partial charge < -0.3 is 4.74 Å². The van der Waals surface area contributed by atoms with Crippen LogP contribution in [0.3, 0.4) is 0 Å². The second kappa shape index (κ2) is 4.89. The number of nitrogens with zero attached hydrogens (tertiary/aromatic N) is 2. The Labute approximate surface area is 92.5 Å². The maximum Gasteiger partial charge on any atom is 0.330 e. The normalized spacial score (nSPS) is 11.9. The first-order valence-corrected chi connectivity index (χ1v) is 5.42. The highest BCUT2D eigenvalue weighted by molar-refractivity contribution is 7.11. The van der Waals surface area contributed by atoms with Crippen molar-refractivity contribution in [2.45, 2.75) is 26.7 Å². The minimum Gasteiger partial charge on any atom is -0.465 e. The van der Waals surface area contributed by atoms with E-state index in [2.05, 4.69) is 4.98 Å². The van der Waals surface area contributed by atoms with Crippen molar-refractivity contribution < 1.29 is 9.53 Å². The number of rotatable bonds is 3. The first-order chi connectivity index (χ1) is 7.10. The van der Waals surface area contributed by atoms with E-state index in [9.17, 15) is 4.79 Å². The highest BCUT2D eigenvalue weighted by Gasteiger charge is 2.25. The average molecular weight is 224 g/mol. The second-order valence-corrected chi connectivity index (χ2v) is 4.24. The fourth-order valence-electron chi connectivity index (χ4n) is 1.06. The van der Waals surface area contributed by atoms with E-state index in [-0.39, 0.29) is 6.61 Å². The molecule has 0 aromatic carbocycles. The van der Waals surface area contributed by atoms with Gasteiger partial charge in [-0.05, 0) is 20.8 Å². The van der Waals surface area contributed by atoms with Gasteiger partial charge in [0.2, 0.25) is 0 Å². The smallest absolute Gasteiger partial charge is 0.330 e. The lowest BCUT2D eigenvalue weighted by Gasteiger charge is -2.04. The molecule has 1 atom stereocenters. The van der Waals surface area contributed by atoms with Crippen LogP contribution in [0.15, 0.2) is 0 Å². The maximum absolute atomic E-state index is 11.4. The van der Waals surface area contributed by atoms with E-state index in [1.165, 1.54) is 11.3 Å². The van der Waals surface area contributed by atoms with Crippen LogP contribution in [0.5, 0.6) is 0 Å². The standard InChI is InChI=1S/C10H12N2O2S/c1-4-14-10(13)8(5-11)9-12-6(2)7(3)15-9/h8H,4H2,1-3H3.